The molecule has 0 aliphatic carbocycles. The van der Waals surface area contributed by atoms with Crippen molar-refractivity contribution in [3.63, 3.8) is 0 Å². The summed E-state index contributed by atoms with van der Waals surface area (Å²) >= 11 is 0. The van der Waals surface area contributed by atoms with Crippen molar-refractivity contribution in [2.75, 3.05) is 6.61 Å². The Balaban J connectivity index is 2.86. The second-order valence-electron chi connectivity index (χ2n) is 4.60. The van der Waals surface area contributed by atoms with E-state index >= 15 is 0 Å². The van der Waals surface area contributed by atoms with Crippen LogP contribution in [0.4, 0.5) is 35.1 Å². The van der Waals surface area contributed by atoms with Crippen LogP contribution in [0.5, 0.6) is 0 Å². The lowest BCUT2D eigenvalue weighted by Gasteiger charge is -2.31. The molecule has 2 nitrogen and oxygen atoms in total. The van der Waals surface area contributed by atoms with Gasteiger partial charge in [0.25, 0.3) is 0 Å². The van der Waals surface area contributed by atoms with Gasteiger partial charge < -0.3 is 4.74 Å². The van der Waals surface area contributed by atoms with Gasteiger partial charge in [-0.2, -0.15) is 26.3 Å². The van der Waals surface area contributed by atoms with E-state index in [1.54, 1.807) is 0 Å². The lowest BCUT2D eigenvalue weighted by Crippen LogP contribution is -2.59. The quantitative estimate of drug-likeness (QED) is 0.521. The van der Waals surface area contributed by atoms with Crippen LogP contribution >= 0.6 is 0 Å². The third-order valence-corrected chi connectivity index (χ3v) is 2.92. The Kier molecular flexibility index (Phi) is 5.62. The maximum absolute atomic E-state index is 13.2. The van der Waals surface area contributed by atoms with E-state index in [-0.39, 0.29) is 5.56 Å². The number of hydrogen-bond donors (Lipinski definition) is 0. The number of carbonyl (C=O) groups is 1. The molecule has 0 aliphatic heterocycles. The Labute approximate surface area is 130 Å². The van der Waals surface area contributed by atoms with Crippen molar-refractivity contribution in [1.29, 1.82) is 0 Å². The van der Waals surface area contributed by atoms with Crippen LogP contribution in [-0.2, 0) is 4.74 Å². The summed E-state index contributed by atoms with van der Waals surface area (Å²) in [6, 6.07) is 4.81. The average molecular weight is 362 g/mol. The van der Waals surface area contributed by atoms with Crippen LogP contribution in [0.15, 0.2) is 30.8 Å². The second kappa shape index (κ2) is 6.78. The summed E-state index contributed by atoms with van der Waals surface area (Å²) in [6.45, 7) is 0.912. The lowest BCUT2D eigenvalue weighted by atomic mass is 10.1. The van der Waals surface area contributed by atoms with Crippen molar-refractivity contribution in [1.82, 2.24) is 0 Å². The van der Waals surface area contributed by atoms with Crippen LogP contribution < -0.4 is 0 Å². The molecule has 24 heavy (non-hydrogen) atoms. The minimum Gasteiger partial charge on any atom is -0.455 e. The summed E-state index contributed by atoms with van der Waals surface area (Å²) in [5.74, 6) is -19.9. The van der Waals surface area contributed by atoms with Crippen molar-refractivity contribution >= 4 is 12.0 Å². The van der Waals surface area contributed by atoms with Gasteiger partial charge in [-0.05, 0) is 17.7 Å². The molecule has 0 aromatic heterocycles. The zero-order chi connectivity index (χ0) is 18.8. The van der Waals surface area contributed by atoms with E-state index in [4.69, 9.17) is 0 Å². The van der Waals surface area contributed by atoms with Crippen LogP contribution in [-0.4, -0.2) is 36.8 Å². The highest BCUT2D eigenvalue weighted by molar-refractivity contribution is 5.89. The van der Waals surface area contributed by atoms with E-state index in [9.17, 15) is 39.9 Å². The van der Waals surface area contributed by atoms with Gasteiger partial charge >= 0.3 is 30.2 Å². The molecule has 0 radical (unpaired) electrons. The van der Waals surface area contributed by atoms with E-state index in [2.05, 4.69) is 11.3 Å². The Morgan fingerprint density at radius 1 is 1.08 bits per heavy atom. The topological polar surface area (TPSA) is 26.3 Å². The van der Waals surface area contributed by atoms with Gasteiger partial charge in [-0.3, -0.25) is 0 Å². The molecular weight excluding hydrogens is 352 g/mol. The molecule has 0 unspecified atom stereocenters. The number of carbonyl (C=O) groups excluding carboxylic acids is 1. The summed E-state index contributed by atoms with van der Waals surface area (Å²) in [5.41, 5.74) is 0.209. The first-order valence-electron chi connectivity index (χ1n) is 6.18. The van der Waals surface area contributed by atoms with Crippen molar-refractivity contribution in [3.8, 4) is 0 Å². The molecule has 0 saturated heterocycles. The normalized spacial score (nSPS) is 13.0. The molecule has 1 aromatic carbocycles. The standard InChI is InChI=1S/C14H10F8O2/c1-2-8-3-5-9(6-4-8)10(23)24-7-12(17,18)14(21,22)13(19,20)11(15)16/h2-6,11H,1,7H2. The fraction of sp³-hybridized carbons (Fsp3) is 0.357. The van der Waals surface area contributed by atoms with Crippen LogP contribution in [0.3, 0.4) is 0 Å². The maximum Gasteiger partial charge on any atom is 0.381 e. The highest BCUT2D eigenvalue weighted by atomic mass is 19.4. The highest BCUT2D eigenvalue weighted by Gasteiger charge is 2.75. The molecule has 0 saturated carbocycles. The number of benzene rings is 1. The van der Waals surface area contributed by atoms with E-state index < -0.39 is 36.8 Å². The number of hydrogen-bond acceptors (Lipinski definition) is 2. The first-order chi connectivity index (χ1) is 10.9. The molecule has 0 heterocycles. The van der Waals surface area contributed by atoms with Crippen molar-refractivity contribution in [3.05, 3.63) is 42.0 Å². The van der Waals surface area contributed by atoms with Crippen molar-refractivity contribution in [2.45, 2.75) is 24.2 Å². The number of rotatable bonds is 7. The average Bonchev–Trinajstić information content (AvgIpc) is 2.52. The van der Waals surface area contributed by atoms with Gasteiger partial charge in [0.2, 0.25) is 0 Å². The first-order valence-corrected chi connectivity index (χ1v) is 6.18. The Bertz CT molecular complexity index is 595. The van der Waals surface area contributed by atoms with E-state index in [0.29, 0.717) is 5.56 Å². The summed E-state index contributed by atoms with van der Waals surface area (Å²) in [4.78, 5) is 11.4. The molecule has 10 heteroatoms. The molecule has 0 fully saturated rings. The molecular formula is C14H10F8O2. The van der Waals surface area contributed by atoms with Gasteiger partial charge in [-0.25, -0.2) is 13.6 Å². The predicted molar refractivity (Wildman–Crippen MR) is 67.7 cm³/mol. The number of alkyl halides is 8. The molecule has 0 bridgehead atoms. The second-order valence-corrected chi connectivity index (χ2v) is 4.60. The lowest BCUT2D eigenvalue weighted by molar-refractivity contribution is -0.343. The Morgan fingerprint density at radius 3 is 2.00 bits per heavy atom. The van der Waals surface area contributed by atoms with Gasteiger partial charge in [-0.1, -0.05) is 24.8 Å². The summed E-state index contributed by atoms with van der Waals surface area (Å²) in [7, 11) is 0. The molecule has 0 spiro atoms. The smallest absolute Gasteiger partial charge is 0.381 e. The van der Waals surface area contributed by atoms with E-state index in [1.807, 2.05) is 0 Å². The van der Waals surface area contributed by atoms with Gasteiger partial charge in [0, 0.05) is 0 Å². The van der Waals surface area contributed by atoms with Gasteiger partial charge in [-0.15, -0.1) is 0 Å². The minimum absolute atomic E-state index is 0.333. The fourth-order valence-electron chi connectivity index (χ4n) is 1.47. The molecule has 0 aliphatic rings. The first kappa shape index (κ1) is 19.9. The van der Waals surface area contributed by atoms with Gasteiger partial charge in [0.15, 0.2) is 6.61 Å². The maximum atomic E-state index is 13.2. The zero-order valence-electron chi connectivity index (χ0n) is 11.7. The molecule has 134 valence electrons. The summed E-state index contributed by atoms with van der Waals surface area (Å²) in [6.07, 6.45) is -3.64. The minimum atomic E-state index is -6.42. The molecule has 0 N–H and O–H groups in total. The van der Waals surface area contributed by atoms with Gasteiger partial charge in [0.1, 0.15) is 0 Å². The van der Waals surface area contributed by atoms with Crippen molar-refractivity contribution < 1.29 is 44.7 Å². The van der Waals surface area contributed by atoms with E-state index in [1.165, 1.54) is 18.2 Å². The van der Waals surface area contributed by atoms with Crippen molar-refractivity contribution in [2.24, 2.45) is 0 Å². The fourth-order valence-corrected chi connectivity index (χ4v) is 1.47. The monoisotopic (exact) mass is 362 g/mol. The molecule has 1 rings (SSSR count). The van der Waals surface area contributed by atoms with Crippen LogP contribution in [0.1, 0.15) is 15.9 Å². The van der Waals surface area contributed by atoms with Gasteiger partial charge in [0.05, 0.1) is 5.56 Å². The Morgan fingerprint density at radius 2 is 1.58 bits per heavy atom. The number of esters is 1. The largest absolute Gasteiger partial charge is 0.455 e. The van der Waals surface area contributed by atoms with E-state index in [0.717, 1.165) is 12.1 Å². The number of halogens is 8. The SMILES string of the molecule is C=Cc1ccc(C(=O)OCC(F)(F)C(F)(F)C(F)(F)C(F)F)cc1. The third-order valence-electron chi connectivity index (χ3n) is 2.92. The van der Waals surface area contributed by atoms with Crippen LogP contribution in [0.25, 0.3) is 6.08 Å². The Hall–Kier alpha value is -2.13. The summed E-state index contributed by atoms with van der Waals surface area (Å²) in [5, 5.41) is 0. The summed E-state index contributed by atoms with van der Waals surface area (Å²) < 4.78 is 105. The molecule has 0 atom stereocenters. The zero-order valence-corrected chi connectivity index (χ0v) is 11.7. The molecule has 1 aromatic rings. The molecule has 0 amide bonds. The highest BCUT2D eigenvalue weighted by Crippen LogP contribution is 2.48. The third kappa shape index (κ3) is 3.68. The predicted octanol–water partition coefficient (Wildman–Crippen LogP) is 4.66. The van der Waals surface area contributed by atoms with Crippen LogP contribution in [0, 0.1) is 0 Å². The van der Waals surface area contributed by atoms with Crippen LogP contribution in [0.2, 0.25) is 0 Å². The number of ether oxygens (including phenoxy) is 1.